The smallest absolute Gasteiger partial charge is 0.260 e. The highest BCUT2D eigenvalue weighted by Crippen LogP contribution is 2.24. The summed E-state index contributed by atoms with van der Waals surface area (Å²) in [7, 11) is 0. The van der Waals surface area contributed by atoms with Crippen molar-refractivity contribution in [2.24, 2.45) is 5.92 Å². The van der Waals surface area contributed by atoms with Crippen LogP contribution in [0.25, 0.3) is 0 Å². The van der Waals surface area contributed by atoms with Gasteiger partial charge in [-0.15, -0.1) is 0 Å². The van der Waals surface area contributed by atoms with Gasteiger partial charge in [0.1, 0.15) is 5.75 Å². The highest BCUT2D eigenvalue weighted by atomic mass is 16.5. The fraction of sp³-hybridized carbons (Fsp3) is 0.714. The molecule has 0 saturated carbocycles. The van der Waals surface area contributed by atoms with Crippen LogP contribution in [0.4, 0.5) is 0 Å². The lowest BCUT2D eigenvalue weighted by molar-refractivity contribution is -0.139. The number of nitrogens with zero attached hydrogens (tertiary/aromatic N) is 3. The molecule has 0 radical (unpaired) electrons. The molecule has 194 valence electrons. The average Bonchev–Trinajstić information content (AvgIpc) is 2.82. The van der Waals surface area contributed by atoms with Gasteiger partial charge in [0.05, 0.1) is 12.2 Å². The molecule has 0 spiro atoms. The molecule has 3 aliphatic rings. The van der Waals surface area contributed by atoms with Crippen molar-refractivity contribution in [1.29, 1.82) is 0 Å². The molecule has 0 bridgehead atoms. The number of rotatable bonds is 6. The van der Waals surface area contributed by atoms with Gasteiger partial charge in [0.25, 0.3) is 11.8 Å². The van der Waals surface area contributed by atoms with Gasteiger partial charge in [0.15, 0.2) is 6.61 Å². The first-order valence-electron chi connectivity index (χ1n) is 13.5. The largest absolute Gasteiger partial charge is 0.484 e. The van der Waals surface area contributed by atoms with Crippen LogP contribution in [-0.2, 0) is 9.53 Å². The second kappa shape index (κ2) is 11.7. The number of carbonyl (C=O) groups is 2. The van der Waals surface area contributed by atoms with Crippen molar-refractivity contribution in [1.82, 2.24) is 14.7 Å². The lowest BCUT2D eigenvalue weighted by atomic mass is 9.95. The van der Waals surface area contributed by atoms with E-state index in [1.165, 1.54) is 6.42 Å². The Kier molecular flexibility index (Phi) is 8.71. The molecular weight excluding hydrogens is 442 g/mol. The molecule has 4 unspecified atom stereocenters. The summed E-state index contributed by atoms with van der Waals surface area (Å²) in [5.41, 5.74) is 0.677. The number of amides is 2. The van der Waals surface area contributed by atoms with Crippen molar-refractivity contribution < 1.29 is 19.1 Å². The maximum Gasteiger partial charge on any atom is 0.260 e. The highest BCUT2D eigenvalue weighted by molar-refractivity contribution is 5.94. The van der Waals surface area contributed by atoms with E-state index < -0.39 is 0 Å². The lowest BCUT2D eigenvalue weighted by Crippen LogP contribution is -2.49. The predicted octanol–water partition coefficient (Wildman–Crippen LogP) is 3.82. The van der Waals surface area contributed by atoms with E-state index >= 15 is 0 Å². The molecule has 0 aromatic heterocycles. The van der Waals surface area contributed by atoms with Crippen LogP contribution in [0.1, 0.15) is 70.2 Å². The lowest BCUT2D eigenvalue weighted by Gasteiger charge is -2.39. The number of piperidine rings is 2. The van der Waals surface area contributed by atoms with Gasteiger partial charge >= 0.3 is 0 Å². The number of morpholine rings is 1. The van der Waals surface area contributed by atoms with E-state index in [2.05, 4.69) is 32.6 Å². The second-order valence-electron chi connectivity index (χ2n) is 11.0. The van der Waals surface area contributed by atoms with Crippen molar-refractivity contribution in [2.75, 3.05) is 39.3 Å². The van der Waals surface area contributed by atoms with Crippen LogP contribution in [0.2, 0.25) is 0 Å². The molecule has 1 aromatic rings. The first-order valence-corrected chi connectivity index (χ1v) is 13.5. The molecule has 7 nitrogen and oxygen atoms in total. The summed E-state index contributed by atoms with van der Waals surface area (Å²) in [5.74, 6) is 1.37. The van der Waals surface area contributed by atoms with E-state index in [-0.39, 0.29) is 30.5 Å². The summed E-state index contributed by atoms with van der Waals surface area (Å²) >= 11 is 0. The van der Waals surface area contributed by atoms with Gasteiger partial charge in [0.2, 0.25) is 0 Å². The first-order chi connectivity index (χ1) is 16.8. The van der Waals surface area contributed by atoms with E-state index in [4.69, 9.17) is 9.47 Å². The first kappa shape index (κ1) is 26.0. The number of ether oxygens (including phenoxy) is 2. The Bertz CT molecular complexity index is 832. The molecule has 3 heterocycles. The SMILES string of the molecule is CC1CN(CC2CCN(C(=O)c3ccc(OCC(=O)N4C(C)CCCC4C)cc3)CC2)CC(C)O1. The Morgan fingerprint density at radius 2 is 1.51 bits per heavy atom. The molecule has 3 saturated heterocycles. The van der Waals surface area contributed by atoms with Gasteiger partial charge in [-0.1, -0.05) is 0 Å². The summed E-state index contributed by atoms with van der Waals surface area (Å²) in [4.78, 5) is 32.2. The van der Waals surface area contributed by atoms with Crippen molar-refractivity contribution in [3.05, 3.63) is 29.8 Å². The Hall–Kier alpha value is -2.12. The molecule has 3 fully saturated rings. The zero-order valence-electron chi connectivity index (χ0n) is 21.9. The van der Waals surface area contributed by atoms with E-state index in [1.54, 1.807) is 12.1 Å². The van der Waals surface area contributed by atoms with Gasteiger partial charge in [-0.3, -0.25) is 14.5 Å². The fourth-order valence-corrected chi connectivity index (χ4v) is 6.13. The Morgan fingerprint density at radius 1 is 0.914 bits per heavy atom. The van der Waals surface area contributed by atoms with Crippen LogP contribution in [0.5, 0.6) is 5.75 Å². The number of benzene rings is 1. The summed E-state index contributed by atoms with van der Waals surface area (Å²) in [5, 5.41) is 0. The predicted molar refractivity (Wildman–Crippen MR) is 137 cm³/mol. The molecule has 4 rings (SSSR count). The van der Waals surface area contributed by atoms with Gasteiger partial charge in [-0.2, -0.15) is 0 Å². The van der Waals surface area contributed by atoms with Crippen molar-refractivity contribution >= 4 is 11.8 Å². The Balaban J connectivity index is 1.22. The maximum atomic E-state index is 13.0. The minimum absolute atomic E-state index is 0.0358. The van der Waals surface area contributed by atoms with Crippen LogP contribution < -0.4 is 4.74 Å². The summed E-state index contributed by atoms with van der Waals surface area (Å²) in [6.45, 7) is 13.3. The number of hydrogen-bond acceptors (Lipinski definition) is 5. The van der Waals surface area contributed by atoms with E-state index in [0.717, 1.165) is 58.4 Å². The zero-order chi connectivity index (χ0) is 24.9. The van der Waals surface area contributed by atoms with Crippen LogP contribution in [0, 0.1) is 5.92 Å². The normalized spacial score (nSPS) is 28.7. The molecule has 4 atom stereocenters. The summed E-state index contributed by atoms with van der Waals surface area (Å²) in [6.07, 6.45) is 5.95. The Labute approximate surface area is 210 Å². The van der Waals surface area contributed by atoms with Gasteiger partial charge < -0.3 is 19.3 Å². The zero-order valence-corrected chi connectivity index (χ0v) is 21.9. The van der Waals surface area contributed by atoms with Crippen LogP contribution in [0.15, 0.2) is 24.3 Å². The monoisotopic (exact) mass is 485 g/mol. The standard InChI is InChI=1S/C28H43N3O4/c1-20-6-5-7-21(2)31(20)27(32)19-34-26-10-8-25(9-11-26)28(33)30-14-12-24(13-15-30)18-29-16-22(3)35-23(4)17-29/h8-11,20-24H,5-7,12-19H2,1-4H3. The number of carbonyl (C=O) groups excluding carboxylic acids is 2. The average molecular weight is 486 g/mol. The summed E-state index contributed by atoms with van der Waals surface area (Å²) < 4.78 is 11.6. The topological polar surface area (TPSA) is 62.3 Å². The molecule has 1 aromatic carbocycles. The molecular formula is C28H43N3O4. The van der Waals surface area contributed by atoms with Crippen LogP contribution >= 0.6 is 0 Å². The molecule has 0 N–H and O–H groups in total. The molecule has 35 heavy (non-hydrogen) atoms. The minimum atomic E-state index is 0.0358. The molecule has 2 amide bonds. The quantitative estimate of drug-likeness (QED) is 0.613. The highest BCUT2D eigenvalue weighted by Gasteiger charge is 2.30. The number of likely N-dealkylation sites (tertiary alicyclic amines) is 2. The van der Waals surface area contributed by atoms with Gasteiger partial charge in [-0.25, -0.2) is 0 Å². The number of hydrogen-bond donors (Lipinski definition) is 0. The van der Waals surface area contributed by atoms with E-state index in [0.29, 0.717) is 29.4 Å². The third kappa shape index (κ3) is 6.76. The van der Waals surface area contributed by atoms with Crippen molar-refractivity contribution in [3.8, 4) is 5.75 Å². The minimum Gasteiger partial charge on any atom is -0.484 e. The maximum absolute atomic E-state index is 13.0. The summed E-state index contributed by atoms with van der Waals surface area (Å²) in [6, 6.07) is 7.77. The van der Waals surface area contributed by atoms with Gasteiger partial charge in [-0.05, 0) is 90.0 Å². The third-order valence-electron chi connectivity index (χ3n) is 7.86. The third-order valence-corrected chi connectivity index (χ3v) is 7.86. The Morgan fingerprint density at radius 3 is 2.11 bits per heavy atom. The van der Waals surface area contributed by atoms with E-state index in [9.17, 15) is 9.59 Å². The van der Waals surface area contributed by atoms with Crippen molar-refractivity contribution in [3.63, 3.8) is 0 Å². The molecule has 7 heteroatoms. The molecule has 3 aliphatic heterocycles. The van der Waals surface area contributed by atoms with Crippen LogP contribution in [0.3, 0.4) is 0 Å². The molecule has 0 aliphatic carbocycles. The van der Waals surface area contributed by atoms with Crippen molar-refractivity contribution in [2.45, 2.75) is 84.1 Å². The fourth-order valence-electron chi connectivity index (χ4n) is 6.13. The van der Waals surface area contributed by atoms with Crippen LogP contribution in [-0.4, -0.2) is 90.1 Å². The second-order valence-corrected chi connectivity index (χ2v) is 11.0. The van der Waals surface area contributed by atoms with E-state index in [1.807, 2.05) is 21.9 Å². The van der Waals surface area contributed by atoms with Gasteiger partial charge in [0, 0.05) is 50.4 Å².